The van der Waals surface area contributed by atoms with Crippen LogP contribution >= 0.6 is 15.9 Å². The molecule has 2 unspecified atom stereocenters. The van der Waals surface area contributed by atoms with Crippen molar-refractivity contribution in [3.05, 3.63) is 10.5 Å². The van der Waals surface area contributed by atoms with E-state index in [1.807, 2.05) is 0 Å². The summed E-state index contributed by atoms with van der Waals surface area (Å²) in [6, 6.07) is 0. The van der Waals surface area contributed by atoms with Crippen LogP contribution < -0.4 is 0 Å². The van der Waals surface area contributed by atoms with Gasteiger partial charge in [0.15, 0.2) is 5.67 Å². The Hall–Kier alpha value is 0.175. The van der Waals surface area contributed by atoms with Gasteiger partial charge in [0, 0.05) is 0 Å². The molecule has 0 bridgehead atoms. The zero-order valence-corrected chi connectivity index (χ0v) is 7.94. The summed E-state index contributed by atoms with van der Waals surface area (Å²) in [6.07, 6.45) is 0.373. The van der Waals surface area contributed by atoms with Crippen molar-refractivity contribution in [2.75, 3.05) is 0 Å². The molecular formula is C6H11BBrFO. The molecule has 1 nitrogen and oxygen atoms in total. The lowest BCUT2D eigenvalue weighted by atomic mass is 9.98. The van der Waals surface area contributed by atoms with Gasteiger partial charge in [-0.1, -0.05) is 15.9 Å². The molecule has 0 aliphatic heterocycles. The number of hydrogen-bond acceptors (Lipinski definition) is 1. The molecule has 0 rings (SSSR count). The molecule has 4 heteroatoms. The maximum atomic E-state index is 13.1. The number of rotatable bonds is 2. The fraction of sp³-hybridized carbons (Fsp3) is 0.667. The second kappa shape index (κ2) is 3.53. The van der Waals surface area contributed by atoms with Crippen LogP contribution in [0.15, 0.2) is 10.5 Å². The highest BCUT2D eigenvalue weighted by atomic mass is 79.9. The zero-order chi connectivity index (χ0) is 8.36. The lowest BCUT2D eigenvalue weighted by Gasteiger charge is -2.19. The molecule has 0 aliphatic rings. The van der Waals surface area contributed by atoms with Crippen molar-refractivity contribution in [2.24, 2.45) is 0 Å². The van der Waals surface area contributed by atoms with Crippen molar-refractivity contribution in [1.82, 2.24) is 0 Å². The molecule has 0 aromatic rings. The van der Waals surface area contributed by atoms with Gasteiger partial charge in [0.2, 0.25) is 0 Å². The predicted molar refractivity (Wildman–Crippen MR) is 46.7 cm³/mol. The fourth-order valence-corrected chi connectivity index (χ4v) is 0.957. The first-order chi connectivity index (χ1) is 4.36. The molecule has 0 radical (unpaired) electrons. The number of hydrogen-bond donors (Lipinski definition) is 1. The van der Waals surface area contributed by atoms with Crippen molar-refractivity contribution in [3.63, 3.8) is 0 Å². The SMILES string of the molecule is B/C(Br)=C/C(C)(F)C(C)O. The van der Waals surface area contributed by atoms with Gasteiger partial charge in [-0.25, -0.2) is 4.39 Å². The van der Waals surface area contributed by atoms with Crippen LogP contribution in [0.1, 0.15) is 13.8 Å². The lowest BCUT2D eigenvalue weighted by Crippen LogP contribution is -2.29. The maximum Gasteiger partial charge on any atom is 0.152 e. The third-order valence-electron chi connectivity index (χ3n) is 1.30. The number of halogens is 2. The van der Waals surface area contributed by atoms with Crippen molar-refractivity contribution < 1.29 is 9.50 Å². The van der Waals surface area contributed by atoms with Crippen molar-refractivity contribution in [3.8, 4) is 0 Å². The molecule has 0 saturated carbocycles. The highest BCUT2D eigenvalue weighted by Crippen LogP contribution is 2.20. The fourth-order valence-electron chi connectivity index (χ4n) is 0.509. The van der Waals surface area contributed by atoms with E-state index in [0.29, 0.717) is 4.38 Å². The first kappa shape index (κ1) is 10.2. The third-order valence-corrected chi connectivity index (χ3v) is 1.53. The number of alkyl halides is 1. The molecule has 0 amide bonds. The summed E-state index contributed by atoms with van der Waals surface area (Å²) < 4.78 is 13.8. The molecule has 58 valence electrons. The Labute approximate surface area is 69.9 Å². The molecule has 10 heavy (non-hydrogen) atoms. The van der Waals surface area contributed by atoms with E-state index < -0.39 is 11.8 Å². The van der Waals surface area contributed by atoms with Gasteiger partial charge in [0.05, 0.1) is 6.10 Å². The van der Waals surface area contributed by atoms with Crippen LogP contribution in [0.25, 0.3) is 0 Å². The standard InChI is InChI=1S/C6H11BBrFO/c1-4(10)6(2,9)3-5(7)8/h3-4,10H,7H2,1-2H3/b5-3-. The maximum absolute atomic E-state index is 13.1. The Morgan fingerprint density at radius 1 is 1.90 bits per heavy atom. The van der Waals surface area contributed by atoms with E-state index in [0.717, 1.165) is 0 Å². The van der Waals surface area contributed by atoms with Crippen LogP contribution in [0.2, 0.25) is 0 Å². The van der Waals surface area contributed by atoms with E-state index in [1.54, 1.807) is 7.85 Å². The largest absolute Gasteiger partial charge is 0.390 e. The minimum atomic E-state index is -1.63. The molecule has 0 fully saturated rings. The van der Waals surface area contributed by atoms with Crippen LogP contribution in [-0.2, 0) is 0 Å². The average molecular weight is 209 g/mol. The summed E-state index contributed by atoms with van der Waals surface area (Å²) in [5.74, 6) is 0. The monoisotopic (exact) mass is 208 g/mol. The van der Waals surface area contributed by atoms with Gasteiger partial charge in [0.1, 0.15) is 7.85 Å². The van der Waals surface area contributed by atoms with E-state index in [4.69, 9.17) is 5.11 Å². The summed E-state index contributed by atoms with van der Waals surface area (Å²) in [5.41, 5.74) is -1.63. The second-order valence-corrected chi connectivity index (χ2v) is 3.81. The van der Waals surface area contributed by atoms with Crippen LogP contribution in [0, 0.1) is 0 Å². The third kappa shape index (κ3) is 3.37. The molecule has 0 aromatic heterocycles. The molecule has 0 saturated heterocycles. The first-order valence-corrected chi connectivity index (χ1v) is 3.87. The molecule has 0 aromatic carbocycles. The van der Waals surface area contributed by atoms with Crippen molar-refractivity contribution >= 4 is 23.8 Å². The number of aliphatic hydroxyl groups is 1. The van der Waals surface area contributed by atoms with Gasteiger partial charge in [-0.15, -0.1) is 0 Å². The van der Waals surface area contributed by atoms with E-state index in [9.17, 15) is 4.39 Å². The second-order valence-electron chi connectivity index (χ2n) is 2.56. The zero-order valence-electron chi connectivity index (χ0n) is 6.36. The molecule has 0 aliphatic carbocycles. The van der Waals surface area contributed by atoms with Gasteiger partial charge in [-0.3, -0.25) is 0 Å². The molecule has 0 spiro atoms. The van der Waals surface area contributed by atoms with E-state index in [1.165, 1.54) is 19.9 Å². The van der Waals surface area contributed by atoms with E-state index >= 15 is 0 Å². The van der Waals surface area contributed by atoms with E-state index in [-0.39, 0.29) is 0 Å². The Bertz CT molecular complexity index is 141. The Morgan fingerprint density at radius 3 is 2.40 bits per heavy atom. The lowest BCUT2D eigenvalue weighted by molar-refractivity contribution is 0.0520. The quantitative estimate of drug-likeness (QED) is 0.671. The summed E-state index contributed by atoms with van der Waals surface area (Å²) in [4.78, 5) is 0. The minimum absolute atomic E-state index is 0.693. The van der Waals surface area contributed by atoms with Gasteiger partial charge >= 0.3 is 0 Å². The minimum Gasteiger partial charge on any atom is -0.390 e. The van der Waals surface area contributed by atoms with Crippen molar-refractivity contribution in [2.45, 2.75) is 25.6 Å². The molecule has 0 heterocycles. The molecule has 2 atom stereocenters. The van der Waals surface area contributed by atoms with Crippen LogP contribution in [0.4, 0.5) is 4.39 Å². The summed E-state index contributed by atoms with van der Waals surface area (Å²) in [6.45, 7) is 2.76. The Kier molecular flexibility index (Phi) is 3.59. The van der Waals surface area contributed by atoms with Gasteiger partial charge in [-0.2, -0.15) is 0 Å². The van der Waals surface area contributed by atoms with Gasteiger partial charge in [-0.05, 0) is 24.3 Å². The highest BCUT2D eigenvalue weighted by molar-refractivity contribution is 9.12. The Morgan fingerprint density at radius 2 is 2.30 bits per heavy atom. The first-order valence-electron chi connectivity index (χ1n) is 3.08. The van der Waals surface area contributed by atoms with Crippen LogP contribution in [0.5, 0.6) is 0 Å². The number of aliphatic hydroxyl groups excluding tert-OH is 1. The van der Waals surface area contributed by atoms with Crippen molar-refractivity contribution in [1.29, 1.82) is 0 Å². The molecule has 1 N–H and O–H groups in total. The van der Waals surface area contributed by atoms with Crippen LogP contribution in [-0.4, -0.2) is 24.7 Å². The van der Waals surface area contributed by atoms with Gasteiger partial charge < -0.3 is 5.11 Å². The average Bonchev–Trinajstić information content (AvgIpc) is 1.60. The smallest absolute Gasteiger partial charge is 0.152 e. The Balaban J connectivity index is 4.27. The summed E-state index contributed by atoms with van der Waals surface area (Å²) in [7, 11) is 1.72. The summed E-state index contributed by atoms with van der Waals surface area (Å²) in [5, 5.41) is 8.89. The van der Waals surface area contributed by atoms with Crippen LogP contribution in [0.3, 0.4) is 0 Å². The summed E-state index contributed by atoms with van der Waals surface area (Å²) >= 11 is 3.09. The van der Waals surface area contributed by atoms with Gasteiger partial charge in [0.25, 0.3) is 0 Å². The topological polar surface area (TPSA) is 20.2 Å². The normalized spacial score (nSPS) is 21.9. The van der Waals surface area contributed by atoms with E-state index in [2.05, 4.69) is 15.9 Å². The highest BCUT2D eigenvalue weighted by Gasteiger charge is 2.26. The predicted octanol–water partition coefficient (Wildman–Crippen LogP) is 0.965. The molecular weight excluding hydrogens is 198 g/mol.